The summed E-state index contributed by atoms with van der Waals surface area (Å²) >= 11 is 6.89. The number of pyridine rings is 1. The van der Waals surface area contributed by atoms with Gasteiger partial charge in [0, 0.05) is 55.3 Å². The van der Waals surface area contributed by atoms with Crippen molar-refractivity contribution in [3.8, 4) is 23.2 Å². The van der Waals surface area contributed by atoms with Gasteiger partial charge in [-0.1, -0.05) is 74.1 Å². The number of carbonyl (C=O) groups excluding carboxylic acids is 1. The van der Waals surface area contributed by atoms with Gasteiger partial charge in [-0.15, -0.1) is 0 Å². The number of ether oxygens (including phenoxy) is 1. The number of amides is 1. The van der Waals surface area contributed by atoms with E-state index in [2.05, 4.69) is 33.5 Å². The molecule has 9 nitrogen and oxygen atoms in total. The smallest absolute Gasteiger partial charge is 0.318 e. The molecule has 0 spiro atoms. The molecule has 14 heteroatoms. The largest absolute Gasteiger partial charge is 0.467 e. The highest BCUT2D eigenvalue weighted by atomic mass is 35.5. The number of hydrogen-bond donors (Lipinski definition) is 0. The van der Waals surface area contributed by atoms with Crippen LogP contribution in [0, 0.1) is 11.3 Å². The first kappa shape index (κ1) is 39.3. The zero-order chi connectivity index (χ0) is 36.1. The second-order valence-corrected chi connectivity index (χ2v) is 12.1. The number of likely N-dealkylation sites (tertiary alicyclic amines) is 1. The number of nitrogens with zero attached hydrogens (tertiary/aromatic N) is 7. The average molecular weight is 716 g/mol. The van der Waals surface area contributed by atoms with E-state index in [0.717, 1.165) is 5.39 Å². The van der Waals surface area contributed by atoms with Gasteiger partial charge >= 0.3 is 6.01 Å². The predicted molar refractivity (Wildman–Crippen MR) is 192 cm³/mol. The summed E-state index contributed by atoms with van der Waals surface area (Å²) in [4.78, 5) is 31.2. The molecule has 6 rings (SSSR count). The number of aromatic nitrogens is 3. The summed E-state index contributed by atoms with van der Waals surface area (Å²) in [6, 6.07) is 12.7. The number of halogens is 4. The molecule has 1 amide bonds. The number of rotatable bonds is 6. The van der Waals surface area contributed by atoms with E-state index in [1.165, 1.54) is 51.1 Å². The Hall–Kier alpha value is -4.12. The molecule has 2 aliphatic rings. The number of carbonyl (C=O) groups is 1. The van der Waals surface area contributed by atoms with Crippen molar-refractivity contribution >= 4 is 56.9 Å². The Labute approximate surface area is 294 Å². The van der Waals surface area contributed by atoms with Crippen LogP contribution >= 0.6 is 23.4 Å². The van der Waals surface area contributed by atoms with E-state index in [1.807, 2.05) is 43.0 Å². The van der Waals surface area contributed by atoms with Gasteiger partial charge < -0.3 is 19.4 Å². The third kappa shape index (κ3) is 9.97. The molecule has 0 bridgehead atoms. The summed E-state index contributed by atoms with van der Waals surface area (Å²) in [5, 5.41) is 9.37. The molecular formula is C35H41ClF3N7O2S. The highest BCUT2D eigenvalue weighted by Gasteiger charge is 2.28. The van der Waals surface area contributed by atoms with Crippen molar-refractivity contribution in [1.29, 1.82) is 5.26 Å². The molecule has 2 aromatic carbocycles. The third-order valence-corrected chi connectivity index (χ3v) is 8.73. The maximum Gasteiger partial charge on any atom is 0.318 e. The quantitative estimate of drug-likeness (QED) is 0.144. The van der Waals surface area contributed by atoms with E-state index in [4.69, 9.17) is 21.6 Å². The second-order valence-electron chi connectivity index (χ2n) is 10.7. The van der Waals surface area contributed by atoms with E-state index in [1.54, 1.807) is 18.2 Å². The van der Waals surface area contributed by atoms with Gasteiger partial charge in [-0.3, -0.25) is 4.79 Å². The lowest BCUT2D eigenvalue weighted by molar-refractivity contribution is -0.128. The lowest BCUT2D eigenvalue weighted by Gasteiger charge is -2.35. The van der Waals surface area contributed by atoms with Gasteiger partial charge in [0.2, 0.25) is 0 Å². The van der Waals surface area contributed by atoms with Crippen molar-refractivity contribution in [3.05, 3.63) is 60.0 Å². The molecule has 2 saturated heterocycles. The summed E-state index contributed by atoms with van der Waals surface area (Å²) < 4.78 is 46.5. The number of piperazine rings is 1. The van der Waals surface area contributed by atoms with Crippen molar-refractivity contribution in [1.82, 2.24) is 24.8 Å². The Balaban J connectivity index is 0.000000513. The number of benzene rings is 2. The van der Waals surface area contributed by atoms with Crippen molar-refractivity contribution in [3.63, 3.8) is 0 Å². The van der Waals surface area contributed by atoms with Crippen LogP contribution in [-0.2, 0) is 4.79 Å². The van der Waals surface area contributed by atoms with Gasteiger partial charge in [0.15, 0.2) is 11.6 Å². The molecular weight excluding hydrogens is 675 g/mol. The molecule has 0 aliphatic carbocycles. The van der Waals surface area contributed by atoms with E-state index >= 15 is 0 Å². The minimum absolute atomic E-state index is 0.0193. The summed E-state index contributed by atoms with van der Waals surface area (Å²) in [6.45, 7) is 12.2. The topological polar surface area (TPSA) is 98.5 Å². The minimum Gasteiger partial charge on any atom is -0.467 e. The average Bonchev–Trinajstić information content (AvgIpc) is 3.59. The van der Waals surface area contributed by atoms with Crippen LogP contribution in [0.5, 0.6) is 6.01 Å². The van der Waals surface area contributed by atoms with Gasteiger partial charge in [0.1, 0.15) is 11.0 Å². The molecule has 2 aromatic heterocycles. The normalized spacial score (nSPS) is 14.2. The van der Waals surface area contributed by atoms with E-state index in [9.17, 15) is 18.0 Å². The summed E-state index contributed by atoms with van der Waals surface area (Å²) in [5.41, 5.74) is 1.60. The van der Waals surface area contributed by atoms with Crippen LogP contribution in [0.1, 0.15) is 33.6 Å². The van der Waals surface area contributed by atoms with Crippen LogP contribution in [0.15, 0.2) is 59.9 Å². The SMILES string of the molecule is C=C(F)C(=O)N1CCN(c2nc(OC)nc3c(SC(F)F)c(-c4cccc5cccc(Cl)c45)cnc23)CC1.CC.CC#N.CN1CCCC1. The van der Waals surface area contributed by atoms with E-state index < -0.39 is 17.5 Å². The molecule has 0 saturated carbocycles. The first-order valence-corrected chi connectivity index (χ1v) is 17.1. The van der Waals surface area contributed by atoms with Crippen LogP contribution < -0.4 is 9.64 Å². The summed E-state index contributed by atoms with van der Waals surface area (Å²) in [6.07, 6.45) is 4.35. The zero-order valence-electron chi connectivity index (χ0n) is 28.3. The number of nitriles is 1. The summed E-state index contributed by atoms with van der Waals surface area (Å²) in [7, 11) is 3.56. The Morgan fingerprint density at radius 1 is 1.02 bits per heavy atom. The molecule has 4 heterocycles. The Bertz CT molecular complexity index is 1770. The number of fused-ring (bicyclic) bond motifs is 2. The van der Waals surface area contributed by atoms with Crippen molar-refractivity contribution < 1.29 is 22.7 Å². The Kier molecular flexibility index (Phi) is 15.4. The lowest BCUT2D eigenvalue weighted by Crippen LogP contribution is -2.49. The Morgan fingerprint density at radius 2 is 1.63 bits per heavy atom. The van der Waals surface area contributed by atoms with Gasteiger partial charge in [-0.05, 0) is 50.0 Å². The molecule has 2 fully saturated rings. The zero-order valence-corrected chi connectivity index (χ0v) is 29.9. The number of thioether (sulfide) groups is 1. The van der Waals surface area contributed by atoms with Crippen molar-refractivity contribution in [2.75, 3.05) is 58.3 Å². The first-order valence-electron chi connectivity index (χ1n) is 15.8. The molecule has 0 atom stereocenters. The molecule has 49 heavy (non-hydrogen) atoms. The molecule has 0 unspecified atom stereocenters. The second kappa shape index (κ2) is 19.2. The van der Waals surface area contributed by atoms with Crippen LogP contribution in [-0.4, -0.2) is 89.8 Å². The molecule has 0 radical (unpaired) electrons. The highest BCUT2D eigenvalue weighted by molar-refractivity contribution is 8.00. The first-order chi connectivity index (χ1) is 23.6. The molecule has 2 aliphatic heterocycles. The van der Waals surface area contributed by atoms with Gasteiger partial charge in [-0.2, -0.15) is 24.0 Å². The van der Waals surface area contributed by atoms with E-state index in [0.29, 0.717) is 57.7 Å². The van der Waals surface area contributed by atoms with Crippen LogP contribution in [0.4, 0.5) is 19.0 Å². The highest BCUT2D eigenvalue weighted by Crippen LogP contribution is 2.44. The number of methoxy groups -OCH3 is 1. The fraction of sp³-hybridized carbons (Fsp3) is 0.400. The fourth-order valence-corrected chi connectivity index (χ4v) is 6.42. The molecule has 0 N–H and O–H groups in total. The van der Waals surface area contributed by atoms with Crippen LogP contribution in [0.2, 0.25) is 5.02 Å². The number of alkyl halides is 2. The number of anilines is 1. The predicted octanol–water partition coefficient (Wildman–Crippen LogP) is 8.22. The van der Waals surface area contributed by atoms with Crippen LogP contribution in [0.3, 0.4) is 0 Å². The van der Waals surface area contributed by atoms with Gasteiger partial charge in [-0.25, -0.2) is 9.37 Å². The monoisotopic (exact) mass is 715 g/mol. The van der Waals surface area contributed by atoms with E-state index in [-0.39, 0.29) is 29.5 Å². The van der Waals surface area contributed by atoms with Crippen molar-refractivity contribution in [2.24, 2.45) is 0 Å². The standard InChI is InChI=1S/C26H21ClF3N5O2S.C5H11N.C2H3N.C2H6/c1-14(28)24(36)35-11-9-34(10-12-35)23-21-20(32-26(33-23)37-2)22(38-25(29)30)17(13-31-21)16-7-3-5-15-6-4-8-18(27)19(15)16;1-6-4-2-3-5-6;1-2-3;1-2/h3-8,13,25H,1,9-12H2,2H3;2-5H2,1H3;1H3;1-2H3. The van der Waals surface area contributed by atoms with Crippen molar-refractivity contribution in [2.45, 2.75) is 44.3 Å². The maximum atomic E-state index is 13.9. The Morgan fingerprint density at radius 3 is 2.16 bits per heavy atom. The maximum absolute atomic E-state index is 13.9. The minimum atomic E-state index is -2.74. The lowest BCUT2D eigenvalue weighted by atomic mass is 9.99. The number of hydrogen-bond acceptors (Lipinski definition) is 9. The molecule has 4 aromatic rings. The molecule has 262 valence electrons. The fourth-order valence-electron chi connectivity index (χ4n) is 5.42. The van der Waals surface area contributed by atoms with Gasteiger partial charge in [0.25, 0.3) is 11.7 Å². The van der Waals surface area contributed by atoms with Crippen LogP contribution in [0.25, 0.3) is 32.9 Å². The van der Waals surface area contributed by atoms with Gasteiger partial charge in [0.05, 0.1) is 18.1 Å². The summed E-state index contributed by atoms with van der Waals surface area (Å²) in [5.74, 6) is -4.15. The third-order valence-electron chi connectivity index (χ3n) is 7.59.